The number of carbonyl (C=O) groups excluding carboxylic acids is 1. The molecule has 0 aromatic heterocycles. The lowest BCUT2D eigenvalue weighted by Crippen LogP contribution is -2.47. The quantitative estimate of drug-likeness (QED) is 0.694. The van der Waals surface area contributed by atoms with Gasteiger partial charge in [-0.1, -0.05) is 18.2 Å². The highest BCUT2D eigenvalue weighted by molar-refractivity contribution is 5.77. The number of amides is 1. The van der Waals surface area contributed by atoms with Gasteiger partial charge in [0, 0.05) is 26.2 Å². The summed E-state index contributed by atoms with van der Waals surface area (Å²) in [5, 5.41) is 10.1. The first kappa shape index (κ1) is 15.0. The summed E-state index contributed by atoms with van der Waals surface area (Å²) in [4.78, 5) is 13.3. The number of carbonyl (C=O) groups is 1. The first-order valence-electron chi connectivity index (χ1n) is 6.94. The zero-order chi connectivity index (χ0) is 14.8. The van der Waals surface area contributed by atoms with Crippen molar-refractivity contribution in [2.75, 3.05) is 19.6 Å². The zero-order valence-electron chi connectivity index (χ0n) is 11.9. The summed E-state index contributed by atoms with van der Waals surface area (Å²) in [7, 11) is 0. The summed E-state index contributed by atoms with van der Waals surface area (Å²) in [5.41, 5.74) is 13.5. The van der Waals surface area contributed by atoms with E-state index in [0.29, 0.717) is 13.0 Å². The van der Waals surface area contributed by atoms with Crippen LogP contribution < -0.4 is 11.5 Å². The summed E-state index contributed by atoms with van der Waals surface area (Å²) in [5.74, 6) is -0.299. The van der Waals surface area contributed by atoms with Crippen LogP contribution in [0.4, 0.5) is 0 Å². The number of nitrogens with zero attached hydrogens (tertiary/aromatic N) is 1. The minimum Gasteiger partial charge on any atom is -0.388 e. The van der Waals surface area contributed by atoms with E-state index < -0.39 is 5.60 Å². The standard InChI is InChI=1S/C15H23N3O2/c1-15(20,9-16)10-18-6-5-13-11(7-14(17)19)3-2-4-12(13)8-18/h2-4,20H,5-10,16H2,1H3,(H2,17,19). The van der Waals surface area contributed by atoms with Gasteiger partial charge in [0.2, 0.25) is 5.91 Å². The van der Waals surface area contributed by atoms with E-state index in [1.165, 1.54) is 11.1 Å². The van der Waals surface area contributed by atoms with E-state index in [-0.39, 0.29) is 12.5 Å². The molecule has 0 aliphatic carbocycles. The van der Waals surface area contributed by atoms with Gasteiger partial charge in [0.15, 0.2) is 0 Å². The molecule has 0 fully saturated rings. The first-order chi connectivity index (χ1) is 9.41. The number of aliphatic hydroxyl groups is 1. The average molecular weight is 277 g/mol. The number of fused-ring (bicyclic) bond motifs is 1. The van der Waals surface area contributed by atoms with Crippen molar-refractivity contribution in [1.82, 2.24) is 4.90 Å². The zero-order valence-corrected chi connectivity index (χ0v) is 11.9. The lowest BCUT2D eigenvalue weighted by molar-refractivity contribution is -0.117. The largest absolute Gasteiger partial charge is 0.388 e. The van der Waals surface area contributed by atoms with Gasteiger partial charge in [0.1, 0.15) is 0 Å². The van der Waals surface area contributed by atoms with Gasteiger partial charge in [-0.05, 0) is 30.0 Å². The predicted molar refractivity (Wildman–Crippen MR) is 78.0 cm³/mol. The highest BCUT2D eigenvalue weighted by Gasteiger charge is 2.26. The minimum atomic E-state index is -0.859. The first-order valence-corrected chi connectivity index (χ1v) is 6.94. The van der Waals surface area contributed by atoms with E-state index in [9.17, 15) is 9.90 Å². The van der Waals surface area contributed by atoms with Crippen molar-refractivity contribution in [2.45, 2.75) is 31.9 Å². The van der Waals surface area contributed by atoms with Gasteiger partial charge in [-0.15, -0.1) is 0 Å². The molecule has 1 unspecified atom stereocenters. The second kappa shape index (κ2) is 5.91. The molecule has 1 aliphatic heterocycles. The van der Waals surface area contributed by atoms with E-state index in [0.717, 1.165) is 25.1 Å². The highest BCUT2D eigenvalue weighted by Crippen LogP contribution is 2.24. The summed E-state index contributed by atoms with van der Waals surface area (Å²) in [6.45, 7) is 4.20. The van der Waals surface area contributed by atoms with Gasteiger partial charge in [0.25, 0.3) is 0 Å². The maximum absolute atomic E-state index is 11.1. The second-order valence-corrected chi connectivity index (χ2v) is 5.86. The van der Waals surface area contributed by atoms with Gasteiger partial charge < -0.3 is 16.6 Å². The molecule has 1 aliphatic rings. The molecule has 2 rings (SSSR count). The Bertz CT molecular complexity index is 500. The molecule has 5 nitrogen and oxygen atoms in total. The highest BCUT2D eigenvalue weighted by atomic mass is 16.3. The van der Waals surface area contributed by atoms with Crippen LogP contribution in [-0.4, -0.2) is 41.1 Å². The molecule has 0 spiro atoms. The molecule has 0 radical (unpaired) electrons. The molecule has 1 aromatic rings. The Balaban J connectivity index is 2.13. The SMILES string of the molecule is CC(O)(CN)CN1CCc2c(CC(N)=O)cccc2C1. The molecule has 20 heavy (non-hydrogen) atoms. The molecule has 0 saturated heterocycles. The van der Waals surface area contributed by atoms with E-state index >= 15 is 0 Å². The van der Waals surface area contributed by atoms with Crippen LogP contribution in [0.2, 0.25) is 0 Å². The molecule has 0 saturated carbocycles. The molecule has 1 heterocycles. The molecular formula is C15H23N3O2. The number of primary amides is 1. The molecule has 5 N–H and O–H groups in total. The Hall–Kier alpha value is -1.43. The van der Waals surface area contributed by atoms with Crippen LogP contribution in [0.3, 0.4) is 0 Å². The lowest BCUT2D eigenvalue weighted by atomic mass is 9.92. The van der Waals surface area contributed by atoms with Crippen LogP contribution in [0.15, 0.2) is 18.2 Å². The Kier molecular flexibility index (Phi) is 4.42. The summed E-state index contributed by atoms with van der Waals surface area (Å²) in [6.07, 6.45) is 1.17. The third-order valence-electron chi connectivity index (χ3n) is 3.81. The second-order valence-electron chi connectivity index (χ2n) is 5.86. The average Bonchev–Trinajstić information content (AvgIpc) is 2.37. The van der Waals surface area contributed by atoms with E-state index in [1.54, 1.807) is 6.92 Å². The molecule has 1 aromatic carbocycles. The summed E-state index contributed by atoms with van der Waals surface area (Å²) >= 11 is 0. The van der Waals surface area contributed by atoms with Crippen molar-refractivity contribution >= 4 is 5.91 Å². The van der Waals surface area contributed by atoms with Crippen molar-refractivity contribution in [3.8, 4) is 0 Å². The van der Waals surface area contributed by atoms with Crippen LogP contribution in [0.1, 0.15) is 23.6 Å². The van der Waals surface area contributed by atoms with Gasteiger partial charge in [0.05, 0.1) is 12.0 Å². The van der Waals surface area contributed by atoms with Crippen molar-refractivity contribution < 1.29 is 9.90 Å². The predicted octanol–water partition coefficient (Wildman–Crippen LogP) is -0.218. The van der Waals surface area contributed by atoms with Crippen molar-refractivity contribution in [3.63, 3.8) is 0 Å². The Morgan fingerprint density at radius 3 is 2.90 bits per heavy atom. The van der Waals surface area contributed by atoms with Gasteiger partial charge >= 0.3 is 0 Å². The maximum atomic E-state index is 11.1. The van der Waals surface area contributed by atoms with Gasteiger partial charge in [-0.25, -0.2) is 0 Å². The fraction of sp³-hybridized carbons (Fsp3) is 0.533. The van der Waals surface area contributed by atoms with E-state index in [4.69, 9.17) is 11.5 Å². The fourth-order valence-electron chi connectivity index (χ4n) is 2.78. The Morgan fingerprint density at radius 2 is 2.25 bits per heavy atom. The van der Waals surface area contributed by atoms with Crippen LogP contribution in [0, 0.1) is 0 Å². The number of rotatable bonds is 5. The maximum Gasteiger partial charge on any atom is 0.221 e. The smallest absolute Gasteiger partial charge is 0.221 e. The van der Waals surface area contributed by atoms with E-state index in [2.05, 4.69) is 11.0 Å². The number of hydrogen-bond donors (Lipinski definition) is 3. The number of hydrogen-bond acceptors (Lipinski definition) is 4. The van der Waals surface area contributed by atoms with Crippen LogP contribution in [-0.2, 0) is 24.2 Å². The van der Waals surface area contributed by atoms with Crippen molar-refractivity contribution in [2.24, 2.45) is 11.5 Å². The summed E-state index contributed by atoms with van der Waals surface area (Å²) < 4.78 is 0. The Morgan fingerprint density at radius 1 is 1.50 bits per heavy atom. The third-order valence-corrected chi connectivity index (χ3v) is 3.81. The molecule has 1 atom stereocenters. The van der Waals surface area contributed by atoms with Crippen molar-refractivity contribution in [1.29, 1.82) is 0 Å². The topological polar surface area (TPSA) is 92.6 Å². The number of nitrogens with two attached hydrogens (primary N) is 2. The molecule has 0 bridgehead atoms. The van der Waals surface area contributed by atoms with Crippen LogP contribution in [0.5, 0.6) is 0 Å². The molecule has 110 valence electrons. The normalized spacial score (nSPS) is 18.4. The fourth-order valence-corrected chi connectivity index (χ4v) is 2.78. The number of β-amino-alcohol motifs (C(OH)–C–C–N with tert-alkyl or cyclic N) is 1. The van der Waals surface area contributed by atoms with Crippen LogP contribution >= 0.6 is 0 Å². The molecular weight excluding hydrogens is 254 g/mol. The molecule has 5 heteroatoms. The van der Waals surface area contributed by atoms with Crippen LogP contribution in [0.25, 0.3) is 0 Å². The molecule has 1 amide bonds. The number of benzene rings is 1. The van der Waals surface area contributed by atoms with Crippen molar-refractivity contribution in [3.05, 3.63) is 34.9 Å². The van der Waals surface area contributed by atoms with E-state index in [1.807, 2.05) is 12.1 Å². The monoisotopic (exact) mass is 277 g/mol. The van der Waals surface area contributed by atoms with Gasteiger partial charge in [-0.2, -0.15) is 0 Å². The van der Waals surface area contributed by atoms with Gasteiger partial charge in [-0.3, -0.25) is 9.69 Å². The lowest BCUT2D eigenvalue weighted by Gasteiger charge is -2.34. The third kappa shape index (κ3) is 3.56. The Labute approximate surface area is 119 Å². The summed E-state index contributed by atoms with van der Waals surface area (Å²) in [6, 6.07) is 6.00. The minimum absolute atomic E-state index is 0.248.